The first-order valence-electron chi connectivity index (χ1n) is 7.61. The van der Waals surface area contributed by atoms with Gasteiger partial charge in [-0.3, -0.25) is 0 Å². The maximum atomic E-state index is 6.19. The van der Waals surface area contributed by atoms with Gasteiger partial charge in [-0.15, -0.1) is 0 Å². The standard InChI is InChI=1S/C16H28N2O/c1-12(2)7-9-19-10-8-18-13(3)11-14-15(17)5-4-6-16(14)18/h11-12,15H,4-10,17H2,1-3H3. The molecule has 2 rings (SSSR count). The first-order valence-corrected chi connectivity index (χ1v) is 7.61. The van der Waals surface area contributed by atoms with Crippen LogP contribution >= 0.6 is 0 Å². The Morgan fingerprint density at radius 3 is 2.95 bits per heavy atom. The zero-order valence-electron chi connectivity index (χ0n) is 12.6. The van der Waals surface area contributed by atoms with Crippen molar-refractivity contribution in [3.63, 3.8) is 0 Å². The first-order chi connectivity index (χ1) is 9.09. The summed E-state index contributed by atoms with van der Waals surface area (Å²) in [6.07, 6.45) is 4.66. The van der Waals surface area contributed by atoms with Crippen LogP contribution in [0.25, 0.3) is 0 Å². The Balaban J connectivity index is 1.90. The van der Waals surface area contributed by atoms with Crippen molar-refractivity contribution < 1.29 is 4.74 Å². The quantitative estimate of drug-likeness (QED) is 0.802. The molecule has 1 aromatic rings. The normalized spacial score (nSPS) is 18.9. The third kappa shape index (κ3) is 3.61. The molecule has 0 aliphatic heterocycles. The summed E-state index contributed by atoms with van der Waals surface area (Å²) >= 11 is 0. The monoisotopic (exact) mass is 264 g/mol. The lowest BCUT2D eigenvalue weighted by Crippen LogP contribution is -2.19. The predicted molar refractivity (Wildman–Crippen MR) is 79.3 cm³/mol. The van der Waals surface area contributed by atoms with E-state index in [2.05, 4.69) is 31.4 Å². The van der Waals surface area contributed by atoms with E-state index in [1.165, 1.54) is 29.8 Å². The van der Waals surface area contributed by atoms with E-state index >= 15 is 0 Å². The molecule has 0 amide bonds. The molecule has 1 aromatic heterocycles. The topological polar surface area (TPSA) is 40.2 Å². The third-order valence-electron chi connectivity index (χ3n) is 4.08. The summed E-state index contributed by atoms with van der Waals surface area (Å²) in [4.78, 5) is 0. The second-order valence-corrected chi connectivity index (χ2v) is 6.13. The van der Waals surface area contributed by atoms with E-state index in [4.69, 9.17) is 10.5 Å². The van der Waals surface area contributed by atoms with Crippen molar-refractivity contribution in [2.75, 3.05) is 13.2 Å². The van der Waals surface area contributed by atoms with E-state index in [1.54, 1.807) is 0 Å². The molecule has 0 fully saturated rings. The highest BCUT2D eigenvalue weighted by molar-refractivity contribution is 5.32. The fourth-order valence-corrected chi connectivity index (χ4v) is 2.89. The Kier molecular flexibility index (Phi) is 5.06. The van der Waals surface area contributed by atoms with Crippen LogP contribution in [0.3, 0.4) is 0 Å². The van der Waals surface area contributed by atoms with Crippen LogP contribution in [0.2, 0.25) is 0 Å². The summed E-state index contributed by atoms with van der Waals surface area (Å²) in [6, 6.07) is 2.51. The van der Waals surface area contributed by atoms with Crippen LogP contribution in [0, 0.1) is 12.8 Å². The summed E-state index contributed by atoms with van der Waals surface area (Å²) < 4.78 is 8.15. The van der Waals surface area contributed by atoms with Gasteiger partial charge in [-0.25, -0.2) is 0 Å². The van der Waals surface area contributed by atoms with Gasteiger partial charge in [0.2, 0.25) is 0 Å². The maximum absolute atomic E-state index is 6.19. The molecule has 1 aliphatic carbocycles. The van der Waals surface area contributed by atoms with E-state index < -0.39 is 0 Å². The Morgan fingerprint density at radius 2 is 2.21 bits per heavy atom. The van der Waals surface area contributed by atoms with Crippen LogP contribution in [0.1, 0.15) is 56.1 Å². The average Bonchev–Trinajstić information content (AvgIpc) is 2.67. The van der Waals surface area contributed by atoms with Gasteiger partial charge in [-0.05, 0) is 50.2 Å². The zero-order valence-corrected chi connectivity index (χ0v) is 12.6. The molecule has 1 unspecified atom stereocenters. The number of aryl methyl sites for hydroxylation is 1. The van der Waals surface area contributed by atoms with Crippen molar-refractivity contribution in [2.45, 2.75) is 59.0 Å². The molecule has 1 atom stereocenters. The third-order valence-corrected chi connectivity index (χ3v) is 4.08. The van der Waals surface area contributed by atoms with Gasteiger partial charge in [0.15, 0.2) is 0 Å². The van der Waals surface area contributed by atoms with E-state index in [1.807, 2.05) is 0 Å². The van der Waals surface area contributed by atoms with Gasteiger partial charge < -0.3 is 15.0 Å². The lowest BCUT2D eigenvalue weighted by molar-refractivity contribution is 0.115. The minimum absolute atomic E-state index is 0.241. The summed E-state index contributed by atoms with van der Waals surface area (Å²) in [6.45, 7) is 9.29. The predicted octanol–water partition coefficient (Wildman–Crippen LogP) is 3.20. The molecule has 2 N–H and O–H groups in total. The lowest BCUT2D eigenvalue weighted by atomic mass is 9.93. The van der Waals surface area contributed by atoms with Crippen LogP contribution in [0.5, 0.6) is 0 Å². The van der Waals surface area contributed by atoms with E-state index in [0.717, 1.165) is 38.5 Å². The number of hydrogen-bond donors (Lipinski definition) is 1. The number of nitrogens with zero attached hydrogens (tertiary/aromatic N) is 1. The van der Waals surface area contributed by atoms with E-state index in [-0.39, 0.29) is 6.04 Å². The van der Waals surface area contributed by atoms with Crippen molar-refractivity contribution >= 4 is 0 Å². The summed E-state index contributed by atoms with van der Waals surface area (Å²) in [5.74, 6) is 0.721. The van der Waals surface area contributed by atoms with Crippen LogP contribution in [-0.4, -0.2) is 17.8 Å². The van der Waals surface area contributed by atoms with Crippen molar-refractivity contribution in [3.05, 3.63) is 23.0 Å². The highest BCUT2D eigenvalue weighted by Gasteiger charge is 2.21. The van der Waals surface area contributed by atoms with Crippen LogP contribution in [0.15, 0.2) is 6.07 Å². The molecule has 0 radical (unpaired) electrons. The van der Waals surface area contributed by atoms with Crippen molar-refractivity contribution in [1.82, 2.24) is 4.57 Å². The Hall–Kier alpha value is -0.800. The van der Waals surface area contributed by atoms with Crippen molar-refractivity contribution in [3.8, 4) is 0 Å². The van der Waals surface area contributed by atoms with Crippen molar-refractivity contribution in [2.24, 2.45) is 11.7 Å². The van der Waals surface area contributed by atoms with Crippen LogP contribution in [0.4, 0.5) is 0 Å². The van der Waals surface area contributed by atoms with Crippen molar-refractivity contribution in [1.29, 1.82) is 0 Å². The van der Waals surface area contributed by atoms with Gasteiger partial charge in [0.1, 0.15) is 0 Å². The van der Waals surface area contributed by atoms with Gasteiger partial charge in [-0.1, -0.05) is 13.8 Å². The summed E-state index contributed by atoms with van der Waals surface area (Å²) in [5.41, 5.74) is 10.3. The van der Waals surface area contributed by atoms with Gasteiger partial charge >= 0.3 is 0 Å². The fraction of sp³-hybridized carbons (Fsp3) is 0.750. The fourth-order valence-electron chi connectivity index (χ4n) is 2.89. The molecule has 108 valence electrons. The largest absolute Gasteiger partial charge is 0.380 e. The average molecular weight is 264 g/mol. The molecule has 19 heavy (non-hydrogen) atoms. The molecule has 1 aliphatic rings. The van der Waals surface area contributed by atoms with Crippen LogP contribution in [-0.2, 0) is 17.7 Å². The highest BCUT2D eigenvalue weighted by Crippen LogP contribution is 2.30. The highest BCUT2D eigenvalue weighted by atomic mass is 16.5. The molecular formula is C16H28N2O. The molecule has 3 nitrogen and oxygen atoms in total. The number of fused-ring (bicyclic) bond motifs is 1. The smallest absolute Gasteiger partial charge is 0.0645 e. The Bertz CT molecular complexity index is 409. The number of ether oxygens (including phenoxy) is 1. The molecule has 0 aromatic carbocycles. The Labute approximate surface area is 117 Å². The first kappa shape index (κ1) is 14.6. The van der Waals surface area contributed by atoms with Gasteiger partial charge in [0.25, 0.3) is 0 Å². The SMILES string of the molecule is Cc1cc2c(n1CCOCCC(C)C)CCCC2N. The molecule has 0 bridgehead atoms. The molecular weight excluding hydrogens is 236 g/mol. The molecule has 1 heterocycles. The van der Waals surface area contributed by atoms with Crippen LogP contribution < -0.4 is 5.73 Å². The minimum atomic E-state index is 0.241. The van der Waals surface area contributed by atoms with E-state index in [9.17, 15) is 0 Å². The van der Waals surface area contributed by atoms with Gasteiger partial charge in [0, 0.05) is 30.6 Å². The molecule has 0 saturated heterocycles. The number of aromatic nitrogens is 1. The molecule has 0 spiro atoms. The molecule has 0 saturated carbocycles. The summed E-state index contributed by atoms with van der Waals surface area (Å²) in [7, 11) is 0. The van der Waals surface area contributed by atoms with Gasteiger partial charge in [0.05, 0.1) is 6.61 Å². The molecule has 3 heteroatoms. The minimum Gasteiger partial charge on any atom is -0.380 e. The lowest BCUT2D eigenvalue weighted by Gasteiger charge is -2.21. The maximum Gasteiger partial charge on any atom is 0.0645 e. The second-order valence-electron chi connectivity index (χ2n) is 6.13. The second kappa shape index (κ2) is 6.58. The Morgan fingerprint density at radius 1 is 1.42 bits per heavy atom. The summed E-state index contributed by atoms with van der Waals surface area (Å²) in [5, 5.41) is 0. The van der Waals surface area contributed by atoms with Gasteiger partial charge in [-0.2, -0.15) is 0 Å². The number of nitrogens with two attached hydrogens (primary N) is 1. The van der Waals surface area contributed by atoms with E-state index in [0.29, 0.717) is 0 Å². The number of hydrogen-bond acceptors (Lipinski definition) is 2. The number of rotatable bonds is 6. The zero-order chi connectivity index (χ0) is 13.8.